The van der Waals surface area contributed by atoms with Crippen LogP contribution < -0.4 is 0 Å². The van der Waals surface area contributed by atoms with Gasteiger partial charge in [0.05, 0.1) is 6.42 Å². The fourth-order valence-corrected chi connectivity index (χ4v) is 2.73. The van der Waals surface area contributed by atoms with Crippen LogP contribution in [0.25, 0.3) is 0 Å². The summed E-state index contributed by atoms with van der Waals surface area (Å²) in [6, 6.07) is 9.44. The number of nitrogens with zero attached hydrogens (tertiary/aromatic N) is 1. The van der Waals surface area contributed by atoms with E-state index in [9.17, 15) is 4.79 Å². The minimum absolute atomic E-state index is 0.173. The molecule has 1 amide bonds. The predicted octanol–water partition coefficient (Wildman–Crippen LogP) is 3.17. The summed E-state index contributed by atoms with van der Waals surface area (Å²) in [6.07, 6.45) is 7.00. The molecule has 97 valence electrons. The molecule has 0 heterocycles. The van der Waals surface area contributed by atoms with Crippen LogP contribution >= 0.6 is 0 Å². The molecule has 0 aliphatic heterocycles. The molecule has 0 atom stereocenters. The third kappa shape index (κ3) is 3.12. The summed E-state index contributed by atoms with van der Waals surface area (Å²) in [5.41, 5.74) is 2.45. The lowest BCUT2D eigenvalue weighted by molar-refractivity contribution is -0.127. The van der Waals surface area contributed by atoms with Crippen molar-refractivity contribution >= 4 is 5.91 Å². The van der Waals surface area contributed by atoms with Gasteiger partial charge in [0.25, 0.3) is 0 Å². The van der Waals surface area contributed by atoms with Gasteiger partial charge < -0.3 is 4.90 Å². The monoisotopic (exact) mass is 244 g/mol. The Morgan fingerprint density at radius 1 is 1.33 bits per heavy atom. The number of carbonyl (C=O) groups excluding carboxylic acids is 1. The Morgan fingerprint density at radius 2 is 2.06 bits per heavy atom. The third-order valence-electron chi connectivity index (χ3n) is 3.83. The van der Waals surface area contributed by atoms with Gasteiger partial charge in [0.1, 0.15) is 0 Å². The molecular formula is C16H22NO. The van der Waals surface area contributed by atoms with E-state index in [-0.39, 0.29) is 5.91 Å². The van der Waals surface area contributed by atoms with E-state index >= 15 is 0 Å². The Kier molecular flexibility index (Phi) is 4.40. The predicted molar refractivity (Wildman–Crippen MR) is 73.5 cm³/mol. The van der Waals surface area contributed by atoms with Crippen molar-refractivity contribution in [3.8, 4) is 0 Å². The summed E-state index contributed by atoms with van der Waals surface area (Å²) in [7, 11) is 3.63. The van der Waals surface area contributed by atoms with Gasteiger partial charge in [-0.3, -0.25) is 4.79 Å². The Hall–Kier alpha value is -1.31. The van der Waals surface area contributed by atoms with E-state index in [2.05, 4.69) is 12.1 Å². The first kappa shape index (κ1) is 13.1. The summed E-state index contributed by atoms with van der Waals surface area (Å²) in [5, 5.41) is 0. The molecule has 1 saturated carbocycles. The Balaban J connectivity index is 2.16. The Labute approximate surface area is 110 Å². The average Bonchev–Trinajstić information content (AvgIpc) is 2.40. The van der Waals surface area contributed by atoms with Gasteiger partial charge in [-0.1, -0.05) is 37.5 Å². The minimum atomic E-state index is 0.173. The van der Waals surface area contributed by atoms with Crippen molar-refractivity contribution in [1.82, 2.24) is 4.90 Å². The molecule has 0 N–H and O–H groups in total. The zero-order valence-electron chi connectivity index (χ0n) is 11.4. The van der Waals surface area contributed by atoms with Crippen LogP contribution in [-0.2, 0) is 11.2 Å². The quantitative estimate of drug-likeness (QED) is 0.799. The van der Waals surface area contributed by atoms with Crippen LogP contribution in [-0.4, -0.2) is 24.9 Å². The molecule has 2 heteroatoms. The molecule has 1 aliphatic carbocycles. The molecular weight excluding hydrogens is 222 g/mol. The Morgan fingerprint density at radius 3 is 2.72 bits per heavy atom. The molecule has 1 radical (unpaired) electrons. The zero-order valence-corrected chi connectivity index (χ0v) is 11.4. The standard InChI is InChI=1S/C16H22NO/c1-17(2)16(18)12-14-10-6-7-11-15(14)13-8-4-3-5-9-13/h6-7,10,13H,3-5,8-9,12H2,1-2H3. The van der Waals surface area contributed by atoms with E-state index in [0.29, 0.717) is 12.3 Å². The highest BCUT2D eigenvalue weighted by Crippen LogP contribution is 2.34. The van der Waals surface area contributed by atoms with Gasteiger partial charge in [-0.25, -0.2) is 0 Å². The van der Waals surface area contributed by atoms with Crippen LogP contribution in [0.4, 0.5) is 0 Å². The Bertz CT molecular complexity index is 405. The number of hydrogen-bond donors (Lipinski definition) is 0. The van der Waals surface area contributed by atoms with Crippen molar-refractivity contribution in [3.05, 3.63) is 35.4 Å². The van der Waals surface area contributed by atoms with Gasteiger partial charge in [0.15, 0.2) is 0 Å². The molecule has 2 rings (SSSR count). The highest BCUT2D eigenvalue weighted by molar-refractivity contribution is 5.78. The summed E-state index contributed by atoms with van der Waals surface area (Å²) in [5.74, 6) is 0.788. The number of carbonyl (C=O) groups is 1. The van der Waals surface area contributed by atoms with Crippen LogP contribution in [0, 0.1) is 6.07 Å². The molecule has 0 bridgehead atoms. The third-order valence-corrected chi connectivity index (χ3v) is 3.83. The topological polar surface area (TPSA) is 20.3 Å². The fourth-order valence-electron chi connectivity index (χ4n) is 2.73. The molecule has 0 aromatic heterocycles. The van der Waals surface area contributed by atoms with Crippen molar-refractivity contribution in [1.29, 1.82) is 0 Å². The van der Waals surface area contributed by atoms with Crippen LogP contribution in [0.5, 0.6) is 0 Å². The second-order valence-electron chi connectivity index (χ2n) is 5.41. The van der Waals surface area contributed by atoms with Crippen LogP contribution in [0.2, 0.25) is 0 Å². The number of hydrogen-bond acceptors (Lipinski definition) is 1. The molecule has 18 heavy (non-hydrogen) atoms. The van der Waals surface area contributed by atoms with Crippen molar-refractivity contribution in [3.63, 3.8) is 0 Å². The van der Waals surface area contributed by atoms with Crippen molar-refractivity contribution < 1.29 is 4.79 Å². The van der Waals surface area contributed by atoms with Crippen molar-refractivity contribution in [2.24, 2.45) is 0 Å². The molecule has 0 spiro atoms. The number of likely N-dealkylation sites (N-methyl/N-ethyl adjacent to an activating group) is 1. The normalized spacial score (nSPS) is 16.6. The first-order valence-corrected chi connectivity index (χ1v) is 6.88. The molecule has 0 unspecified atom stereocenters. The first-order chi connectivity index (χ1) is 8.68. The second kappa shape index (κ2) is 6.03. The summed E-state index contributed by atoms with van der Waals surface area (Å²) in [4.78, 5) is 13.5. The lowest BCUT2D eigenvalue weighted by Crippen LogP contribution is -2.24. The summed E-state index contributed by atoms with van der Waals surface area (Å²) in [6.45, 7) is 0. The van der Waals surface area contributed by atoms with Crippen molar-refractivity contribution in [2.45, 2.75) is 44.4 Å². The van der Waals surface area contributed by atoms with E-state index in [0.717, 1.165) is 0 Å². The maximum Gasteiger partial charge on any atom is 0.226 e. The van der Waals surface area contributed by atoms with E-state index < -0.39 is 0 Å². The van der Waals surface area contributed by atoms with Gasteiger partial charge in [-0.15, -0.1) is 0 Å². The van der Waals surface area contributed by atoms with E-state index in [1.807, 2.05) is 26.2 Å². The largest absolute Gasteiger partial charge is 0.349 e. The highest BCUT2D eigenvalue weighted by atomic mass is 16.2. The smallest absolute Gasteiger partial charge is 0.226 e. The average molecular weight is 244 g/mol. The molecule has 1 aromatic rings. The number of benzene rings is 1. The summed E-state index contributed by atoms with van der Waals surface area (Å²) < 4.78 is 0. The maximum atomic E-state index is 11.9. The van der Waals surface area contributed by atoms with Gasteiger partial charge >= 0.3 is 0 Å². The van der Waals surface area contributed by atoms with Crippen LogP contribution in [0.3, 0.4) is 0 Å². The number of rotatable bonds is 3. The lowest BCUT2D eigenvalue weighted by Gasteiger charge is -2.24. The van der Waals surface area contributed by atoms with Crippen LogP contribution in [0.1, 0.15) is 49.1 Å². The first-order valence-electron chi connectivity index (χ1n) is 6.88. The van der Waals surface area contributed by atoms with Gasteiger partial charge in [-0.2, -0.15) is 0 Å². The second-order valence-corrected chi connectivity index (χ2v) is 5.41. The van der Waals surface area contributed by atoms with Crippen LogP contribution in [0.15, 0.2) is 18.2 Å². The minimum Gasteiger partial charge on any atom is -0.349 e. The van der Waals surface area contributed by atoms with Crippen molar-refractivity contribution in [2.75, 3.05) is 14.1 Å². The molecule has 1 aromatic carbocycles. The lowest BCUT2D eigenvalue weighted by atomic mass is 9.81. The maximum absolute atomic E-state index is 11.9. The molecule has 1 fully saturated rings. The van der Waals surface area contributed by atoms with Gasteiger partial charge in [-0.05, 0) is 36.0 Å². The van der Waals surface area contributed by atoms with E-state index in [4.69, 9.17) is 0 Å². The SMILES string of the molecule is CN(C)C(=O)Cc1ccc[c]c1C1CCCCC1. The van der Waals surface area contributed by atoms with E-state index in [1.54, 1.807) is 4.90 Å². The molecule has 1 aliphatic rings. The highest BCUT2D eigenvalue weighted by Gasteiger charge is 2.19. The van der Waals surface area contributed by atoms with Gasteiger partial charge in [0.2, 0.25) is 5.91 Å². The van der Waals surface area contributed by atoms with E-state index in [1.165, 1.54) is 43.2 Å². The van der Waals surface area contributed by atoms with Gasteiger partial charge in [0, 0.05) is 14.1 Å². The fraction of sp³-hybridized carbons (Fsp3) is 0.562. The number of amides is 1. The summed E-state index contributed by atoms with van der Waals surface area (Å²) >= 11 is 0. The molecule has 0 saturated heterocycles. The zero-order chi connectivity index (χ0) is 13.0. The molecule has 2 nitrogen and oxygen atoms in total.